The zero-order valence-corrected chi connectivity index (χ0v) is 9.04. The highest BCUT2D eigenvalue weighted by Crippen LogP contribution is 2.27. The maximum absolute atomic E-state index is 11.7. The largest absolute Gasteiger partial charge is 0.493 e. The van der Waals surface area contributed by atoms with Crippen molar-refractivity contribution in [3.05, 3.63) is 33.9 Å². The third-order valence-electron chi connectivity index (χ3n) is 2.85. The van der Waals surface area contributed by atoms with Crippen LogP contribution < -0.4 is 10.3 Å². The molecule has 0 unspecified atom stereocenters. The van der Waals surface area contributed by atoms with Crippen molar-refractivity contribution in [3.63, 3.8) is 0 Å². The van der Waals surface area contributed by atoms with E-state index in [4.69, 9.17) is 4.74 Å². The molecule has 1 aromatic heterocycles. The van der Waals surface area contributed by atoms with Crippen LogP contribution >= 0.6 is 0 Å². The number of hydrogen-bond acceptors (Lipinski definition) is 3. The molecular formula is C12H12N2O2. The maximum Gasteiger partial charge on any atom is 0.258 e. The van der Waals surface area contributed by atoms with Gasteiger partial charge in [-0.1, -0.05) is 0 Å². The lowest BCUT2D eigenvalue weighted by molar-refractivity contribution is 0.289. The van der Waals surface area contributed by atoms with Gasteiger partial charge in [-0.2, -0.15) is 0 Å². The van der Waals surface area contributed by atoms with Gasteiger partial charge in [-0.15, -0.1) is 0 Å². The molecule has 0 amide bonds. The summed E-state index contributed by atoms with van der Waals surface area (Å²) in [6.45, 7) is 2.52. The number of hydrogen-bond donors (Lipinski definition) is 1. The van der Waals surface area contributed by atoms with Crippen LogP contribution in [0.15, 0.2) is 16.9 Å². The van der Waals surface area contributed by atoms with E-state index in [1.807, 2.05) is 6.07 Å². The molecule has 1 aliphatic rings. The Labute approximate surface area is 92.3 Å². The van der Waals surface area contributed by atoms with Gasteiger partial charge in [0.25, 0.3) is 5.56 Å². The van der Waals surface area contributed by atoms with E-state index in [2.05, 4.69) is 9.97 Å². The quantitative estimate of drug-likeness (QED) is 0.727. The summed E-state index contributed by atoms with van der Waals surface area (Å²) in [4.78, 5) is 18.8. The minimum absolute atomic E-state index is 0.0977. The number of aryl methyl sites for hydroxylation is 2. The molecule has 0 atom stereocenters. The number of ether oxygens (including phenoxy) is 1. The van der Waals surface area contributed by atoms with E-state index in [0.717, 1.165) is 36.3 Å². The molecule has 1 N–H and O–H groups in total. The van der Waals surface area contributed by atoms with Gasteiger partial charge in [-0.25, -0.2) is 4.98 Å². The highest BCUT2D eigenvalue weighted by molar-refractivity contribution is 5.80. The van der Waals surface area contributed by atoms with Crippen molar-refractivity contribution in [2.75, 3.05) is 6.61 Å². The van der Waals surface area contributed by atoms with E-state index in [0.29, 0.717) is 11.2 Å². The van der Waals surface area contributed by atoms with Gasteiger partial charge < -0.3 is 9.72 Å². The molecule has 1 aromatic carbocycles. The van der Waals surface area contributed by atoms with Crippen molar-refractivity contribution in [2.24, 2.45) is 0 Å². The van der Waals surface area contributed by atoms with Gasteiger partial charge >= 0.3 is 0 Å². The molecule has 82 valence electrons. The lowest BCUT2D eigenvalue weighted by Crippen LogP contribution is -2.13. The fourth-order valence-corrected chi connectivity index (χ4v) is 2.10. The van der Waals surface area contributed by atoms with Crippen LogP contribution in [0.4, 0.5) is 0 Å². The molecule has 0 fully saturated rings. The summed E-state index contributed by atoms with van der Waals surface area (Å²) in [5.41, 5.74) is 1.81. The number of H-pyrrole nitrogens is 1. The summed E-state index contributed by atoms with van der Waals surface area (Å²) in [7, 11) is 0. The molecule has 16 heavy (non-hydrogen) atoms. The third kappa shape index (κ3) is 1.38. The Morgan fingerprint density at radius 3 is 3.19 bits per heavy atom. The molecule has 0 saturated heterocycles. The number of rotatable bonds is 0. The summed E-state index contributed by atoms with van der Waals surface area (Å²) in [5.74, 6) is 1.48. The highest BCUT2D eigenvalue weighted by atomic mass is 16.5. The fraction of sp³-hybridized carbons (Fsp3) is 0.333. The first-order chi connectivity index (χ1) is 7.74. The normalized spacial score (nSPS) is 14.6. The zero-order valence-electron chi connectivity index (χ0n) is 9.04. The summed E-state index contributed by atoms with van der Waals surface area (Å²) in [6.07, 6.45) is 2.03. The Morgan fingerprint density at radius 2 is 2.31 bits per heavy atom. The molecule has 2 heterocycles. The Bertz CT molecular complexity index is 616. The standard InChI is InChI=1S/C12H12N2O2/c1-7-13-10-5-8-3-2-4-16-11(8)6-9(10)12(15)14-7/h5-6H,2-4H2,1H3,(H,13,14,15). The topological polar surface area (TPSA) is 55.0 Å². The Morgan fingerprint density at radius 1 is 1.44 bits per heavy atom. The van der Waals surface area contributed by atoms with Gasteiger partial charge in [0.05, 0.1) is 17.5 Å². The van der Waals surface area contributed by atoms with Crippen LogP contribution in [0.25, 0.3) is 10.9 Å². The SMILES string of the molecule is Cc1nc2cc3c(cc2c(=O)[nH]1)OCCC3. The van der Waals surface area contributed by atoms with Gasteiger partial charge in [0, 0.05) is 0 Å². The van der Waals surface area contributed by atoms with Gasteiger partial charge in [-0.3, -0.25) is 4.79 Å². The number of fused-ring (bicyclic) bond motifs is 2. The monoisotopic (exact) mass is 216 g/mol. The number of aromatic amines is 1. The molecule has 1 aliphatic heterocycles. The molecule has 0 bridgehead atoms. The highest BCUT2D eigenvalue weighted by Gasteiger charge is 2.13. The van der Waals surface area contributed by atoms with Crippen LogP contribution in [0.1, 0.15) is 17.8 Å². The predicted molar refractivity (Wildman–Crippen MR) is 60.9 cm³/mol. The molecule has 4 nitrogen and oxygen atoms in total. The number of nitrogens with zero attached hydrogens (tertiary/aromatic N) is 1. The smallest absolute Gasteiger partial charge is 0.258 e. The summed E-state index contributed by atoms with van der Waals surface area (Å²) in [5, 5.41) is 0.603. The first kappa shape index (κ1) is 9.39. The average Bonchev–Trinajstić information content (AvgIpc) is 2.27. The molecule has 0 spiro atoms. The van der Waals surface area contributed by atoms with Crippen LogP contribution in [-0.2, 0) is 6.42 Å². The second-order valence-electron chi connectivity index (χ2n) is 4.08. The molecule has 3 rings (SSSR count). The molecular weight excluding hydrogens is 204 g/mol. The van der Waals surface area contributed by atoms with Gasteiger partial charge in [0.1, 0.15) is 11.6 Å². The summed E-state index contributed by atoms with van der Waals surface area (Å²) >= 11 is 0. The number of benzene rings is 1. The summed E-state index contributed by atoms with van der Waals surface area (Å²) < 4.78 is 5.54. The molecule has 4 heteroatoms. The lowest BCUT2D eigenvalue weighted by atomic mass is 10.0. The van der Waals surface area contributed by atoms with E-state index in [9.17, 15) is 4.79 Å². The van der Waals surface area contributed by atoms with Crippen LogP contribution in [-0.4, -0.2) is 16.6 Å². The Kier molecular flexibility index (Phi) is 1.96. The minimum Gasteiger partial charge on any atom is -0.493 e. The van der Waals surface area contributed by atoms with Crippen molar-refractivity contribution in [3.8, 4) is 5.75 Å². The molecule has 0 aliphatic carbocycles. The van der Waals surface area contributed by atoms with Crippen LogP contribution in [0.3, 0.4) is 0 Å². The molecule has 0 saturated carbocycles. The second-order valence-corrected chi connectivity index (χ2v) is 4.08. The summed E-state index contributed by atoms with van der Waals surface area (Å²) in [6, 6.07) is 3.77. The van der Waals surface area contributed by atoms with Gasteiger partial charge in [-0.05, 0) is 37.5 Å². The lowest BCUT2D eigenvalue weighted by Gasteiger charge is -2.17. The van der Waals surface area contributed by atoms with Crippen LogP contribution in [0.5, 0.6) is 5.75 Å². The van der Waals surface area contributed by atoms with E-state index in [1.54, 1.807) is 13.0 Å². The van der Waals surface area contributed by atoms with E-state index in [-0.39, 0.29) is 5.56 Å². The van der Waals surface area contributed by atoms with Crippen molar-refractivity contribution in [2.45, 2.75) is 19.8 Å². The Hall–Kier alpha value is -1.84. The maximum atomic E-state index is 11.7. The fourth-order valence-electron chi connectivity index (χ4n) is 2.10. The van der Waals surface area contributed by atoms with Gasteiger partial charge in [0.15, 0.2) is 0 Å². The Balaban J connectivity index is 2.35. The van der Waals surface area contributed by atoms with E-state index >= 15 is 0 Å². The first-order valence-corrected chi connectivity index (χ1v) is 5.40. The first-order valence-electron chi connectivity index (χ1n) is 5.40. The zero-order chi connectivity index (χ0) is 11.1. The van der Waals surface area contributed by atoms with Crippen molar-refractivity contribution in [1.29, 1.82) is 0 Å². The average molecular weight is 216 g/mol. The van der Waals surface area contributed by atoms with Gasteiger partial charge in [0.2, 0.25) is 0 Å². The van der Waals surface area contributed by atoms with E-state index < -0.39 is 0 Å². The van der Waals surface area contributed by atoms with Crippen molar-refractivity contribution >= 4 is 10.9 Å². The number of aromatic nitrogens is 2. The van der Waals surface area contributed by atoms with E-state index in [1.165, 1.54) is 0 Å². The van der Waals surface area contributed by atoms with Crippen LogP contribution in [0, 0.1) is 6.92 Å². The molecule has 2 aromatic rings. The van der Waals surface area contributed by atoms with Crippen molar-refractivity contribution in [1.82, 2.24) is 9.97 Å². The second kappa shape index (κ2) is 3.33. The van der Waals surface area contributed by atoms with Crippen LogP contribution in [0.2, 0.25) is 0 Å². The third-order valence-corrected chi connectivity index (χ3v) is 2.85. The number of nitrogens with one attached hydrogen (secondary N) is 1. The minimum atomic E-state index is -0.0977. The van der Waals surface area contributed by atoms with Crippen molar-refractivity contribution < 1.29 is 4.74 Å². The molecule has 0 radical (unpaired) electrons. The predicted octanol–water partition coefficient (Wildman–Crippen LogP) is 1.56.